The van der Waals surface area contributed by atoms with Crippen molar-refractivity contribution >= 4 is 64.4 Å². The summed E-state index contributed by atoms with van der Waals surface area (Å²) in [5.41, 5.74) is 2.42. The number of nitrogens with zero attached hydrogens (tertiary/aromatic N) is 5. The van der Waals surface area contributed by atoms with Crippen LogP contribution in [-0.4, -0.2) is 70.3 Å². The number of hydrogen-bond donors (Lipinski definition) is 0. The predicted molar refractivity (Wildman–Crippen MR) is 169 cm³/mol. The third kappa shape index (κ3) is 7.78. The molecule has 0 atom stereocenters. The molecule has 3 aliphatic rings. The molecule has 0 N–H and O–H groups in total. The van der Waals surface area contributed by atoms with Crippen molar-refractivity contribution in [2.24, 2.45) is 4.90 Å². The molecule has 3 aliphatic heterocycles. The van der Waals surface area contributed by atoms with Crippen LogP contribution < -0.4 is 4.31 Å². The first-order valence-electron chi connectivity index (χ1n) is 14.1. The van der Waals surface area contributed by atoms with E-state index in [1.807, 2.05) is 56.0 Å². The fourth-order valence-electron chi connectivity index (χ4n) is 4.75. The molecule has 11 nitrogen and oxygen atoms in total. The van der Waals surface area contributed by atoms with Crippen LogP contribution in [0.5, 0.6) is 0 Å². The van der Waals surface area contributed by atoms with Crippen molar-refractivity contribution in [1.29, 1.82) is 0 Å². The van der Waals surface area contributed by atoms with E-state index in [9.17, 15) is 9.59 Å². The third-order valence-corrected chi connectivity index (χ3v) is 7.76. The van der Waals surface area contributed by atoms with E-state index >= 15 is 0 Å². The summed E-state index contributed by atoms with van der Waals surface area (Å²) in [7, 11) is -0.703. The summed E-state index contributed by atoms with van der Waals surface area (Å²) in [6.07, 6.45) is 4.02. The summed E-state index contributed by atoms with van der Waals surface area (Å²) in [5, 5.41) is 0. The second-order valence-corrected chi connectivity index (χ2v) is 13.9. The maximum absolute atomic E-state index is 13.1. The fourth-order valence-corrected chi connectivity index (χ4v) is 5.65. The van der Waals surface area contributed by atoms with Gasteiger partial charge >= 0.3 is 19.2 Å². The minimum Gasteiger partial charge on any atom is -0.444 e. The van der Waals surface area contributed by atoms with Gasteiger partial charge in [-0.25, -0.2) is 19.6 Å². The monoisotopic (exact) mass is 671 g/mol. The molecule has 14 heteroatoms. The van der Waals surface area contributed by atoms with E-state index in [4.69, 9.17) is 23.2 Å². The average Bonchev–Trinajstić information content (AvgIpc) is 3.29. The first-order chi connectivity index (χ1) is 20.3. The highest BCUT2D eigenvalue weighted by atomic mass is 79.9. The highest BCUT2D eigenvalue weighted by molar-refractivity contribution is 9.10. The van der Waals surface area contributed by atoms with Crippen LogP contribution in [0.25, 0.3) is 5.47 Å². The number of hydrogen-bond acceptors (Lipinski definition) is 10. The molecule has 2 amide bonds. The number of rotatable bonds is 4. The van der Waals surface area contributed by atoms with Gasteiger partial charge in [-0.1, -0.05) is 24.3 Å². The summed E-state index contributed by atoms with van der Waals surface area (Å²) >= 11 is 4.22. The van der Waals surface area contributed by atoms with Crippen LogP contribution in [0.1, 0.15) is 71.2 Å². The second kappa shape index (κ2) is 12.6. The average molecular weight is 672 g/mol. The standard InChI is InChI=1S/C29H35BBrN5O6S/c1-28(2,3)40-26(37)35(20-11-13-39-14-12-20)17-18-7-9-19(10-8-18)22-15-21-24-25(32-16-23(31)33-24)36(43-42-30(21)34-22)27(38)41-29(4,5)6/h7-10,15-16,20H,11-14,17H2,1-6H3. The van der Waals surface area contributed by atoms with Gasteiger partial charge in [0.2, 0.25) is 0 Å². The molecule has 2 aromatic rings. The van der Waals surface area contributed by atoms with Gasteiger partial charge in [-0.3, -0.25) is 0 Å². The number of fused-ring (bicyclic) bond motifs is 3. The molecule has 0 aliphatic carbocycles. The van der Waals surface area contributed by atoms with Gasteiger partial charge in [0.05, 0.1) is 11.9 Å². The van der Waals surface area contributed by atoms with E-state index in [-0.39, 0.29) is 12.1 Å². The van der Waals surface area contributed by atoms with Crippen LogP contribution in [0.3, 0.4) is 0 Å². The lowest BCUT2D eigenvalue weighted by Gasteiger charge is -2.35. The Morgan fingerprint density at radius 2 is 1.77 bits per heavy atom. The van der Waals surface area contributed by atoms with E-state index in [1.54, 1.807) is 20.8 Å². The molecule has 0 spiro atoms. The van der Waals surface area contributed by atoms with Crippen LogP contribution >= 0.6 is 28.2 Å². The summed E-state index contributed by atoms with van der Waals surface area (Å²) in [6, 6.07) is 7.98. The van der Waals surface area contributed by atoms with Crippen molar-refractivity contribution in [3.05, 3.63) is 58.0 Å². The Morgan fingerprint density at radius 1 is 1.09 bits per heavy atom. The molecular formula is C29H35BBrN5O6S. The highest BCUT2D eigenvalue weighted by Gasteiger charge is 2.41. The zero-order chi connectivity index (χ0) is 30.9. The molecule has 1 fully saturated rings. The molecule has 1 aromatic carbocycles. The molecule has 5 rings (SSSR count). The van der Waals surface area contributed by atoms with Crippen molar-refractivity contribution in [2.45, 2.75) is 78.2 Å². The van der Waals surface area contributed by atoms with Crippen LogP contribution in [0.15, 0.2) is 46.0 Å². The number of benzene rings is 1. The Kier molecular flexibility index (Phi) is 9.22. The van der Waals surface area contributed by atoms with Gasteiger partial charge in [-0.2, -0.15) is 4.31 Å². The smallest absolute Gasteiger partial charge is 0.444 e. The first kappa shape index (κ1) is 31.5. The Bertz CT molecular complexity index is 1440. The molecule has 0 saturated carbocycles. The maximum Gasteiger partial charge on any atom is 0.486 e. The molecule has 4 heterocycles. The zero-order valence-corrected chi connectivity index (χ0v) is 27.5. The van der Waals surface area contributed by atoms with Gasteiger partial charge in [-0.15, -0.1) is 0 Å². The van der Waals surface area contributed by atoms with Gasteiger partial charge < -0.3 is 28.1 Å². The van der Waals surface area contributed by atoms with Crippen LogP contribution in [0.2, 0.25) is 0 Å². The Morgan fingerprint density at radius 3 is 2.42 bits per heavy atom. The van der Waals surface area contributed by atoms with E-state index < -0.39 is 24.3 Å². The third-order valence-electron chi connectivity index (χ3n) is 6.63. The summed E-state index contributed by atoms with van der Waals surface area (Å²) in [4.78, 5) is 41.8. The number of ether oxygens (including phenoxy) is 3. The zero-order valence-electron chi connectivity index (χ0n) is 25.1. The van der Waals surface area contributed by atoms with Crippen molar-refractivity contribution in [3.8, 4) is 0 Å². The first-order valence-corrected chi connectivity index (χ1v) is 15.6. The molecule has 1 aromatic heterocycles. The summed E-state index contributed by atoms with van der Waals surface area (Å²) < 4.78 is 24.6. The van der Waals surface area contributed by atoms with Crippen molar-refractivity contribution < 1.29 is 27.9 Å². The number of carbonyl (C=O) groups excluding carboxylic acids is 2. The minimum atomic E-state index is -0.703. The highest BCUT2D eigenvalue weighted by Crippen LogP contribution is 2.40. The van der Waals surface area contributed by atoms with Crippen molar-refractivity contribution in [2.75, 3.05) is 17.5 Å². The Balaban J connectivity index is 1.37. The molecule has 0 bridgehead atoms. The summed E-state index contributed by atoms with van der Waals surface area (Å²) in [6.45, 7) is 12.7. The Hall–Kier alpha value is -2.94. The van der Waals surface area contributed by atoms with Crippen molar-refractivity contribution in [1.82, 2.24) is 14.9 Å². The lowest BCUT2D eigenvalue weighted by molar-refractivity contribution is -0.00810. The number of aromatic nitrogens is 2. The molecule has 0 unspecified atom stereocenters. The molecule has 0 radical (unpaired) electrons. The summed E-state index contributed by atoms with van der Waals surface area (Å²) in [5.74, 6) is 0.304. The van der Waals surface area contributed by atoms with Gasteiger partial charge in [0.15, 0.2) is 5.82 Å². The van der Waals surface area contributed by atoms with E-state index in [0.29, 0.717) is 47.1 Å². The maximum atomic E-state index is 13.1. The quantitative estimate of drug-likeness (QED) is 0.207. The Labute approximate surface area is 265 Å². The van der Waals surface area contributed by atoms with E-state index in [1.165, 1.54) is 10.5 Å². The number of anilines is 1. The van der Waals surface area contributed by atoms with Gasteiger partial charge in [0.1, 0.15) is 33.7 Å². The van der Waals surface area contributed by atoms with Gasteiger partial charge in [0.25, 0.3) is 0 Å². The van der Waals surface area contributed by atoms with Gasteiger partial charge in [-0.05, 0) is 87.5 Å². The number of halogens is 1. The molecule has 43 heavy (non-hydrogen) atoms. The molecule has 1 saturated heterocycles. The van der Waals surface area contributed by atoms with E-state index in [0.717, 1.165) is 36.2 Å². The topological polar surface area (TPSA) is 116 Å². The number of carbonyl (C=O) groups is 2. The van der Waals surface area contributed by atoms with Crippen molar-refractivity contribution in [3.63, 3.8) is 0 Å². The van der Waals surface area contributed by atoms with Gasteiger partial charge in [0, 0.05) is 31.3 Å². The predicted octanol–water partition coefficient (Wildman–Crippen LogP) is 6.40. The molecule has 228 valence electrons. The lowest BCUT2D eigenvalue weighted by atomic mass is 9.74. The normalized spacial score (nSPS) is 17.4. The number of amides is 2. The lowest BCUT2D eigenvalue weighted by Crippen LogP contribution is -2.45. The molecular weight excluding hydrogens is 637 g/mol. The number of allylic oxidation sites excluding steroid dienone is 1. The second-order valence-electron chi connectivity index (χ2n) is 12.4. The largest absolute Gasteiger partial charge is 0.486 e. The minimum absolute atomic E-state index is 0.0506. The SMILES string of the molecule is CC(C)(C)OC(=O)N1SOB2N=C(c3ccc(CN(C(=O)OC(C)(C)C)C4CCOCC4)cc3)C=C2c2nc(Br)cnc21. The van der Waals surface area contributed by atoms with E-state index in [2.05, 4.69) is 25.9 Å². The van der Waals surface area contributed by atoms with Crippen LogP contribution in [0, 0.1) is 0 Å². The fraction of sp³-hybridized carbons (Fsp3) is 0.483. The van der Waals surface area contributed by atoms with Crippen LogP contribution in [0.4, 0.5) is 15.4 Å². The van der Waals surface area contributed by atoms with Crippen LogP contribution in [-0.2, 0) is 24.9 Å².